The number of nitrogens with two attached hydrogens (primary N) is 1. The lowest BCUT2D eigenvalue weighted by molar-refractivity contribution is -0.113. The highest BCUT2D eigenvalue weighted by atomic mass is 32.2. The Balaban J connectivity index is 1.48. The van der Waals surface area contributed by atoms with Crippen molar-refractivity contribution in [1.29, 1.82) is 0 Å². The van der Waals surface area contributed by atoms with E-state index in [1.165, 1.54) is 16.0 Å². The van der Waals surface area contributed by atoms with Gasteiger partial charge >= 0.3 is 5.97 Å². The van der Waals surface area contributed by atoms with Crippen molar-refractivity contribution in [3.63, 3.8) is 0 Å². The zero-order valence-electron chi connectivity index (χ0n) is 18.8. The number of esters is 1. The Kier molecular flexibility index (Phi) is 6.98. The lowest BCUT2D eigenvalue weighted by Gasteiger charge is -2.07. The van der Waals surface area contributed by atoms with Gasteiger partial charge in [0.05, 0.1) is 23.7 Å². The minimum absolute atomic E-state index is 0.0191. The molecule has 4 aromatic rings. The molecule has 4 rings (SSSR count). The van der Waals surface area contributed by atoms with E-state index < -0.39 is 5.97 Å². The highest BCUT2D eigenvalue weighted by Gasteiger charge is 2.21. The average Bonchev–Trinajstić information content (AvgIpc) is 3.49. The molecule has 176 valence electrons. The summed E-state index contributed by atoms with van der Waals surface area (Å²) in [6.07, 6.45) is 0. The summed E-state index contributed by atoms with van der Waals surface area (Å²) in [7, 11) is 0. The third kappa shape index (κ3) is 4.97. The van der Waals surface area contributed by atoms with Gasteiger partial charge < -0.3 is 15.9 Å². The van der Waals surface area contributed by atoms with E-state index in [1.807, 2.05) is 50.2 Å². The van der Waals surface area contributed by atoms with Crippen molar-refractivity contribution < 1.29 is 14.3 Å². The smallest absolute Gasteiger partial charge is 0.350 e. The van der Waals surface area contributed by atoms with Crippen LogP contribution in [0.4, 0.5) is 5.69 Å². The van der Waals surface area contributed by atoms with Crippen LogP contribution >= 0.6 is 23.1 Å². The van der Waals surface area contributed by atoms with Gasteiger partial charge in [0.2, 0.25) is 11.1 Å². The molecule has 0 saturated carbocycles. The molecule has 1 amide bonds. The van der Waals surface area contributed by atoms with Crippen molar-refractivity contribution in [3.05, 3.63) is 58.7 Å². The zero-order valence-corrected chi connectivity index (χ0v) is 20.4. The van der Waals surface area contributed by atoms with Crippen LogP contribution < -0.4 is 11.2 Å². The third-order valence-electron chi connectivity index (χ3n) is 4.70. The van der Waals surface area contributed by atoms with Crippen LogP contribution in [0.15, 0.2) is 47.6 Å². The van der Waals surface area contributed by atoms with Gasteiger partial charge in [-0.15, -0.1) is 21.5 Å². The van der Waals surface area contributed by atoms with Gasteiger partial charge in [0.15, 0.2) is 0 Å². The lowest BCUT2D eigenvalue weighted by Crippen LogP contribution is -2.19. The first-order chi connectivity index (χ1) is 16.4. The highest BCUT2D eigenvalue weighted by Crippen LogP contribution is 2.35. The first-order valence-corrected chi connectivity index (χ1v) is 12.2. The Bertz CT molecular complexity index is 1330. The van der Waals surface area contributed by atoms with Gasteiger partial charge in [-0.05, 0) is 38.5 Å². The van der Waals surface area contributed by atoms with Crippen LogP contribution in [-0.4, -0.2) is 48.9 Å². The number of amides is 1. The number of thiophene rings is 1. The van der Waals surface area contributed by atoms with Crippen LogP contribution in [-0.2, 0) is 9.53 Å². The number of anilines is 1. The summed E-state index contributed by atoms with van der Waals surface area (Å²) in [5.74, 6) is 5.71. The van der Waals surface area contributed by atoms with Gasteiger partial charge in [0.25, 0.3) is 5.95 Å². The number of benzene rings is 1. The van der Waals surface area contributed by atoms with Crippen LogP contribution in [0.1, 0.15) is 28.0 Å². The van der Waals surface area contributed by atoms with Crippen LogP contribution in [0, 0.1) is 13.8 Å². The van der Waals surface area contributed by atoms with E-state index in [-0.39, 0.29) is 18.3 Å². The fourth-order valence-corrected chi connectivity index (χ4v) is 4.90. The van der Waals surface area contributed by atoms with E-state index in [9.17, 15) is 9.59 Å². The molecule has 3 aromatic heterocycles. The van der Waals surface area contributed by atoms with Crippen molar-refractivity contribution in [2.75, 3.05) is 23.5 Å². The maximum atomic E-state index is 12.7. The normalized spacial score (nSPS) is 10.9. The molecular weight excluding hydrogens is 474 g/mol. The van der Waals surface area contributed by atoms with Crippen molar-refractivity contribution in [2.45, 2.75) is 25.9 Å². The van der Waals surface area contributed by atoms with Crippen LogP contribution in [0.5, 0.6) is 0 Å². The largest absolute Gasteiger partial charge is 0.462 e. The van der Waals surface area contributed by atoms with Gasteiger partial charge in [0.1, 0.15) is 4.88 Å². The number of thioether (sulfide) groups is 1. The summed E-state index contributed by atoms with van der Waals surface area (Å²) >= 11 is 2.40. The Labute approximate surface area is 204 Å². The number of nitrogen functional groups attached to an aromatic ring is 1. The molecule has 0 bridgehead atoms. The van der Waals surface area contributed by atoms with E-state index in [0.29, 0.717) is 21.7 Å². The maximum absolute atomic E-state index is 12.7. The topological polar surface area (TPSA) is 130 Å². The summed E-state index contributed by atoms with van der Waals surface area (Å²) in [5.41, 5.74) is 3.05. The molecule has 0 fully saturated rings. The molecule has 0 atom stereocenters. The molecule has 0 spiro atoms. The summed E-state index contributed by atoms with van der Waals surface area (Å²) in [4.78, 5) is 26.4. The van der Waals surface area contributed by atoms with Crippen molar-refractivity contribution in [2.24, 2.45) is 0 Å². The number of nitrogens with one attached hydrogen (secondary N) is 1. The van der Waals surface area contributed by atoms with E-state index in [0.717, 1.165) is 33.6 Å². The molecule has 0 aliphatic heterocycles. The number of carbonyl (C=O) groups excluding carboxylic acids is 2. The molecule has 0 aliphatic carbocycles. The van der Waals surface area contributed by atoms with Gasteiger partial charge in [-0.1, -0.05) is 42.1 Å². The molecule has 3 N–H and O–H groups in total. The molecule has 34 heavy (non-hydrogen) atoms. The van der Waals surface area contributed by atoms with Crippen LogP contribution in [0.25, 0.3) is 16.4 Å². The molecule has 3 heterocycles. The number of ether oxygens (including phenoxy) is 1. The predicted molar refractivity (Wildman–Crippen MR) is 132 cm³/mol. The van der Waals surface area contributed by atoms with Crippen molar-refractivity contribution in [3.8, 4) is 16.4 Å². The molecule has 0 aliphatic rings. The molecule has 0 unspecified atom stereocenters. The van der Waals surface area contributed by atoms with Gasteiger partial charge in [-0.3, -0.25) is 4.79 Å². The fraction of sp³-hybridized carbons (Fsp3) is 0.227. The van der Waals surface area contributed by atoms with Crippen molar-refractivity contribution >= 4 is 40.7 Å². The number of aryl methyl sites for hydroxylation is 2. The second-order valence-corrected chi connectivity index (χ2v) is 9.26. The van der Waals surface area contributed by atoms with E-state index >= 15 is 0 Å². The maximum Gasteiger partial charge on any atom is 0.350 e. The minimum atomic E-state index is -0.478. The molecule has 10 nitrogen and oxygen atoms in total. The third-order valence-corrected chi connectivity index (χ3v) is 6.81. The fourth-order valence-electron chi connectivity index (χ4n) is 3.24. The van der Waals surface area contributed by atoms with Crippen LogP contribution in [0.3, 0.4) is 0 Å². The summed E-state index contributed by atoms with van der Waals surface area (Å²) < 4.78 is 8.05. The van der Waals surface area contributed by atoms with E-state index in [1.54, 1.807) is 17.7 Å². The quantitative estimate of drug-likeness (QED) is 0.215. The standard InChI is InChI=1S/C22H23N7O3S2/c1-4-32-20(31)19-16(11-17(34-19)15-8-6-5-7-9-15)24-18(30)12-33-22-26-25-21(28(22)23)29-14(3)10-13(2)27-29/h5-11H,4,12,23H2,1-3H3,(H,24,30). The molecule has 0 radical (unpaired) electrons. The second kappa shape index (κ2) is 10.1. The molecule has 12 heteroatoms. The molecular formula is C22H23N7O3S2. The zero-order chi connectivity index (χ0) is 24.2. The predicted octanol–water partition coefficient (Wildman–Crippen LogP) is 3.43. The first kappa shape index (κ1) is 23.5. The Morgan fingerprint density at radius 2 is 1.94 bits per heavy atom. The average molecular weight is 498 g/mol. The number of carbonyl (C=O) groups is 2. The number of rotatable bonds is 8. The number of nitrogens with zero attached hydrogens (tertiary/aromatic N) is 5. The molecule has 1 aromatic carbocycles. The highest BCUT2D eigenvalue weighted by molar-refractivity contribution is 7.99. The number of hydrogen-bond donors (Lipinski definition) is 2. The molecule has 0 saturated heterocycles. The summed E-state index contributed by atoms with van der Waals surface area (Å²) in [6, 6.07) is 13.3. The number of aromatic nitrogens is 5. The van der Waals surface area contributed by atoms with Crippen LogP contribution in [0.2, 0.25) is 0 Å². The Hall–Kier alpha value is -3.64. The summed E-state index contributed by atoms with van der Waals surface area (Å²) in [5, 5.41) is 15.7. The monoisotopic (exact) mass is 497 g/mol. The van der Waals surface area contributed by atoms with Gasteiger partial charge in [0, 0.05) is 10.6 Å². The van der Waals surface area contributed by atoms with Gasteiger partial charge in [-0.2, -0.15) is 5.10 Å². The SMILES string of the molecule is CCOC(=O)c1sc(-c2ccccc2)cc1NC(=O)CSc1nnc(-n2nc(C)cc2C)n1N. The minimum Gasteiger partial charge on any atom is -0.462 e. The van der Waals surface area contributed by atoms with Gasteiger partial charge in [-0.25, -0.2) is 14.2 Å². The Morgan fingerprint density at radius 3 is 2.62 bits per heavy atom. The lowest BCUT2D eigenvalue weighted by atomic mass is 10.2. The van der Waals surface area contributed by atoms with Crippen molar-refractivity contribution in [1.82, 2.24) is 24.7 Å². The summed E-state index contributed by atoms with van der Waals surface area (Å²) in [6.45, 7) is 5.74. The van der Waals surface area contributed by atoms with E-state index in [4.69, 9.17) is 10.6 Å². The van der Waals surface area contributed by atoms with E-state index in [2.05, 4.69) is 20.6 Å². The number of hydrogen-bond acceptors (Lipinski definition) is 9. The second-order valence-electron chi connectivity index (χ2n) is 7.27. The first-order valence-electron chi connectivity index (χ1n) is 10.4. The Morgan fingerprint density at radius 1 is 1.18 bits per heavy atom.